The van der Waals surface area contributed by atoms with Gasteiger partial charge in [0.25, 0.3) is 0 Å². The van der Waals surface area contributed by atoms with E-state index in [0.29, 0.717) is 0 Å². The summed E-state index contributed by atoms with van der Waals surface area (Å²) >= 11 is 0. The lowest BCUT2D eigenvalue weighted by Gasteiger charge is -2.22. The lowest BCUT2D eigenvalue weighted by Crippen LogP contribution is -2.29. The van der Waals surface area contributed by atoms with Crippen molar-refractivity contribution >= 4 is 0 Å². The molecule has 0 bridgehead atoms. The molecule has 0 spiro atoms. The van der Waals surface area contributed by atoms with Gasteiger partial charge in [-0.05, 0) is 61.6 Å². The number of pyridine rings is 1. The van der Waals surface area contributed by atoms with E-state index in [1.807, 2.05) is 24.5 Å². The number of hydrazine groups is 1. The van der Waals surface area contributed by atoms with Crippen molar-refractivity contribution in [1.82, 2.24) is 10.4 Å². The molecular formula is C17H23N3O. The maximum Gasteiger partial charge on any atom is 0.124 e. The van der Waals surface area contributed by atoms with Crippen LogP contribution in [0.5, 0.6) is 5.75 Å². The van der Waals surface area contributed by atoms with E-state index in [4.69, 9.17) is 10.6 Å². The molecule has 2 aromatic rings. The largest absolute Gasteiger partial charge is 0.496 e. The van der Waals surface area contributed by atoms with Crippen LogP contribution in [0.2, 0.25) is 0 Å². The monoisotopic (exact) mass is 285 g/mol. The molecule has 21 heavy (non-hydrogen) atoms. The van der Waals surface area contributed by atoms with Gasteiger partial charge in [0, 0.05) is 18.0 Å². The minimum Gasteiger partial charge on any atom is -0.496 e. The topological polar surface area (TPSA) is 60.2 Å². The quantitative estimate of drug-likeness (QED) is 0.633. The number of nitrogens with one attached hydrogen (secondary N) is 1. The summed E-state index contributed by atoms with van der Waals surface area (Å²) in [6, 6.07) is 8.35. The number of ether oxygens (including phenoxy) is 1. The van der Waals surface area contributed by atoms with Crippen LogP contribution < -0.4 is 16.0 Å². The fraction of sp³-hybridized carbons (Fsp3) is 0.353. The second-order valence-electron chi connectivity index (χ2n) is 5.31. The van der Waals surface area contributed by atoms with Gasteiger partial charge in [0.1, 0.15) is 5.75 Å². The minimum atomic E-state index is 0.0636. The summed E-state index contributed by atoms with van der Waals surface area (Å²) in [6.45, 7) is 4.17. The number of benzene rings is 1. The van der Waals surface area contributed by atoms with Crippen molar-refractivity contribution in [2.45, 2.75) is 32.7 Å². The van der Waals surface area contributed by atoms with Crippen molar-refractivity contribution in [3.63, 3.8) is 0 Å². The number of methoxy groups -OCH3 is 1. The normalized spacial score (nSPS) is 12.2. The van der Waals surface area contributed by atoms with Crippen LogP contribution in [-0.4, -0.2) is 12.1 Å². The lowest BCUT2D eigenvalue weighted by atomic mass is 9.94. The molecule has 3 N–H and O–H groups in total. The zero-order valence-electron chi connectivity index (χ0n) is 12.9. The highest BCUT2D eigenvalue weighted by Crippen LogP contribution is 2.32. The van der Waals surface area contributed by atoms with E-state index >= 15 is 0 Å². The Morgan fingerprint density at radius 2 is 1.95 bits per heavy atom. The van der Waals surface area contributed by atoms with Crippen LogP contribution in [0.15, 0.2) is 36.7 Å². The van der Waals surface area contributed by atoms with Crippen molar-refractivity contribution in [2.75, 3.05) is 7.11 Å². The fourth-order valence-electron chi connectivity index (χ4n) is 2.73. The minimum absolute atomic E-state index is 0.0636. The predicted molar refractivity (Wildman–Crippen MR) is 85.1 cm³/mol. The van der Waals surface area contributed by atoms with E-state index in [9.17, 15) is 0 Å². The Labute approximate surface area is 126 Å². The highest BCUT2D eigenvalue weighted by molar-refractivity contribution is 5.45. The molecule has 4 nitrogen and oxygen atoms in total. The molecule has 1 heterocycles. The van der Waals surface area contributed by atoms with Crippen molar-refractivity contribution in [3.05, 3.63) is 58.9 Å². The van der Waals surface area contributed by atoms with Crippen molar-refractivity contribution in [1.29, 1.82) is 0 Å². The van der Waals surface area contributed by atoms with Gasteiger partial charge in [0.15, 0.2) is 0 Å². The SMILES string of the molecule is COc1cc(C)cc(C)c1C(CCc1ccncc1)NN. The molecule has 1 unspecified atom stereocenters. The van der Waals surface area contributed by atoms with E-state index in [1.165, 1.54) is 16.7 Å². The molecule has 0 amide bonds. The second kappa shape index (κ2) is 7.20. The first-order chi connectivity index (χ1) is 10.2. The molecule has 0 aliphatic carbocycles. The molecule has 0 aliphatic heterocycles. The zero-order valence-corrected chi connectivity index (χ0v) is 12.9. The van der Waals surface area contributed by atoms with Gasteiger partial charge in [0.05, 0.1) is 13.2 Å². The molecule has 0 radical (unpaired) electrons. The highest BCUT2D eigenvalue weighted by atomic mass is 16.5. The van der Waals surface area contributed by atoms with Crippen LogP contribution in [0.3, 0.4) is 0 Å². The maximum absolute atomic E-state index is 5.78. The molecule has 4 heteroatoms. The first-order valence-electron chi connectivity index (χ1n) is 7.16. The summed E-state index contributed by atoms with van der Waals surface area (Å²) in [6.07, 6.45) is 5.48. The van der Waals surface area contributed by atoms with Crippen molar-refractivity contribution in [3.8, 4) is 5.75 Å². The third-order valence-electron chi connectivity index (χ3n) is 3.73. The van der Waals surface area contributed by atoms with Crippen LogP contribution in [0.25, 0.3) is 0 Å². The number of hydrogen-bond donors (Lipinski definition) is 2. The number of rotatable bonds is 6. The maximum atomic E-state index is 5.78. The van der Waals surface area contributed by atoms with E-state index in [2.05, 4.69) is 36.4 Å². The molecular weight excluding hydrogens is 262 g/mol. The van der Waals surface area contributed by atoms with Crippen LogP contribution in [0.1, 0.15) is 34.7 Å². The summed E-state index contributed by atoms with van der Waals surface area (Å²) in [5.41, 5.74) is 7.72. The number of nitrogens with zero attached hydrogens (tertiary/aromatic N) is 1. The van der Waals surface area contributed by atoms with Crippen LogP contribution in [-0.2, 0) is 6.42 Å². The van der Waals surface area contributed by atoms with Crippen molar-refractivity contribution < 1.29 is 4.74 Å². The Hall–Kier alpha value is -1.91. The van der Waals surface area contributed by atoms with Gasteiger partial charge in [-0.1, -0.05) is 6.07 Å². The number of nitrogens with two attached hydrogens (primary N) is 1. The summed E-state index contributed by atoms with van der Waals surface area (Å²) in [4.78, 5) is 4.04. The van der Waals surface area contributed by atoms with Crippen molar-refractivity contribution in [2.24, 2.45) is 5.84 Å². The van der Waals surface area contributed by atoms with Gasteiger partial charge >= 0.3 is 0 Å². The molecule has 112 valence electrons. The van der Waals surface area contributed by atoms with Gasteiger partial charge in [-0.3, -0.25) is 16.3 Å². The highest BCUT2D eigenvalue weighted by Gasteiger charge is 2.18. The van der Waals surface area contributed by atoms with Crippen LogP contribution in [0.4, 0.5) is 0 Å². The summed E-state index contributed by atoms with van der Waals surface area (Å²) in [5.74, 6) is 6.68. The molecule has 0 fully saturated rings. The Morgan fingerprint density at radius 3 is 2.57 bits per heavy atom. The van der Waals surface area contributed by atoms with Gasteiger partial charge in [-0.25, -0.2) is 0 Å². The number of hydrogen-bond acceptors (Lipinski definition) is 4. The average Bonchev–Trinajstić information content (AvgIpc) is 2.50. The third kappa shape index (κ3) is 3.80. The van der Waals surface area contributed by atoms with E-state index in [0.717, 1.165) is 24.2 Å². The number of aryl methyl sites for hydroxylation is 3. The Kier molecular flexibility index (Phi) is 5.31. The van der Waals surface area contributed by atoms with E-state index < -0.39 is 0 Å². The molecule has 2 rings (SSSR count). The first-order valence-corrected chi connectivity index (χ1v) is 7.16. The van der Waals surface area contributed by atoms with Gasteiger partial charge in [-0.15, -0.1) is 0 Å². The summed E-state index contributed by atoms with van der Waals surface area (Å²) in [7, 11) is 1.70. The van der Waals surface area contributed by atoms with E-state index in [-0.39, 0.29) is 6.04 Å². The molecule has 1 aromatic carbocycles. The standard InChI is InChI=1S/C17H23N3O/c1-12-10-13(2)17(16(11-12)21-3)15(20-18)5-4-14-6-8-19-9-7-14/h6-11,15,20H,4-5,18H2,1-3H3. The van der Waals surface area contributed by atoms with Crippen LogP contribution in [0, 0.1) is 13.8 Å². The second-order valence-corrected chi connectivity index (χ2v) is 5.31. The lowest BCUT2D eigenvalue weighted by molar-refractivity contribution is 0.394. The molecule has 0 saturated carbocycles. The van der Waals surface area contributed by atoms with Gasteiger partial charge in [0.2, 0.25) is 0 Å². The van der Waals surface area contributed by atoms with E-state index in [1.54, 1.807) is 7.11 Å². The fourth-order valence-corrected chi connectivity index (χ4v) is 2.73. The molecule has 0 aliphatic rings. The Morgan fingerprint density at radius 1 is 1.24 bits per heavy atom. The van der Waals surface area contributed by atoms with Crippen LogP contribution >= 0.6 is 0 Å². The third-order valence-corrected chi connectivity index (χ3v) is 3.73. The number of aromatic nitrogens is 1. The Balaban J connectivity index is 2.21. The predicted octanol–water partition coefficient (Wildman–Crippen LogP) is 2.84. The summed E-state index contributed by atoms with van der Waals surface area (Å²) < 4.78 is 5.54. The molecule has 1 aromatic heterocycles. The zero-order chi connectivity index (χ0) is 15.2. The first kappa shape index (κ1) is 15.5. The smallest absolute Gasteiger partial charge is 0.124 e. The molecule has 1 atom stereocenters. The molecule has 0 saturated heterocycles. The average molecular weight is 285 g/mol. The Bertz CT molecular complexity index is 584. The summed E-state index contributed by atoms with van der Waals surface area (Å²) in [5, 5.41) is 0. The van der Waals surface area contributed by atoms with Gasteiger partial charge in [-0.2, -0.15) is 0 Å². The van der Waals surface area contributed by atoms with Gasteiger partial charge < -0.3 is 4.74 Å².